The lowest BCUT2D eigenvalue weighted by atomic mass is 10.0. The second kappa shape index (κ2) is 8.27. The van der Waals surface area contributed by atoms with Crippen LogP contribution in [-0.2, 0) is 6.42 Å². The number of fused-ring (bicyclic) bond motifs is 1. The largest absolute Gasteiger partial charge is 0.362 e. The van der Waals surface area contributed by atoms with E-state index in [1.54, 1.807) is 0 Å². The first-order valence-corrected chi connectivity index (χ1v) is 9.19. The molecule has 0 unspecified atom stereocenters. The summed E-state index contributed by atoms with van der Waals surface area (Å²) in [5.74, 6) is 0. The Morgan fingerprint density at radius 2 is 1.75 bits per heavy atom. The number of anilines is 1. The van der Waals surface area contributed by atoms with Gasteiger partial charge in [0.1, 0.15) is 0 Å². The number of hydrogen-bond donors (Lipinski definition) is 2. The molecule has 122 valence electrons. The predicted molar refractivity (Wildman–Crippen MR) is 111 cm³/mol. The van der Waals surface area contributed by atoms with Crippen molar-refractivity contribution in [3.05, 3.63) is 76.8 Å². The lowest BCUT2D eigenvalue weighted by Gasteiger charge is -2.11. The molecule has 2 nitrogen and oxygen atoms in total. The highest BCUT2D eigenvalue weighted by Gasteiger charge is 2.01. The molecule has 3 aromatic carbocycles. The molecule has 0 amide bonds. The Morgan fingerprint density at radius 1 is 0.958 bits per heavy atom. The summed E-state index contributed by atoms with van der Waals surface area (Å²) in [7, 11) is 0. The number of thiocarbonyl (C=S) groups is 1. The second-order valence-electron chi connectivity index (χ2n) is 5.63. The second-order valence-corrected chi connectivity index (χ2v) is 6.96. The van der Waals surface area contributed by atoms with Gasteiger partial charge in [-0.25, -0.2) is 0 Å². The molecule has 0 radical (unpaired) electrons. The third-order valence-corrected chi connectivity index (χ3v) is 4.61. The van der Waals surface area contributed by atoms with E-state index in [-0.39, 0.29) is 0 Å². The molecule has 0 bridgehead atoms. The molecule has 0 saturated heterocycles. The monoisotopic (exact) mass is 398 g/mol. The lowest BCUT2D eigenvalue weighted by molar-refractivity contribution is 0.780. The minimum absolute atomic E-state index is 0.658. The van der Waals surface area contributed by atoms with E-state index >= 15 is 0 Å². The topological polar surface area (TPSA) is 24.1 Å². The Hall–Kier alpha value is -1.91. The molecule has 0 saturated carbocycles. The summed E-state index contributed by atoms with van der Waals surface area (Å²) in [6.07, 6.45) is 2.07. The maximum absolute atomic E-state index is 5.35. The van der Waals surface area contributed by atoms with Crippen molar-refractivity contribution in [2.45, 2.75) is 12.8 Å². The Morgan fingerprint density at radius 3 is 2.62 bits per heavy atom. The molecule has 0 aliphatic carbocycles. The summed E-state index contributed by atoms with van der Waals surface area (Å²) in [4.78, 5) is 0. The number of aryl methyl sites for hydroxylation is 1. The van der Waals surface area contributed by atoms with Crippen molar-refractivity contribution in [3.63, 3.8) is 0 Å². The van der Waals surface area contributed by atoms with Crippen molar-refractivity contribution in [3.8, 4) is 0 Å². The van der Waals surface area contributed by atoms with Gasteiger partial charge in [-0.3, -0.25) is 0 Å². The van der Waals surface area contributed by atoms with E-state index in [9.17, 15) is 0 Å². The van der Waals surface area contributed by atoms with E-state index in [1.165, 1.54) is 16.3 Å². The summed E-state index contributed by atoms with van der Waals surface area (Å²) >= 11 is 8.81. The number of hydrogen-bond acceptors (Lipinski definition) is 1. The van der Waals surface area contributed by atoms with Gasteiger partial charge in [-0.05, 0) is 59.6 Å². The molecule has 0 heterocycles. The van der Waals surface area contributed by atoms with Gasteiger partial charge in [0, 0.05) is 16.7 Å². The van der Waals surface area contributed by atoms with Gasteiger partial charge in [-0.2, -0.15) is 0 Å². The Balaban J connectivity index is 1.49. The summed E-state index contributed by atoms with van der Waals surface area (Å²) in [5, 5.41) is 9.78. The fourth-order valence-electron chi connectivity index (χ4n) is 2.73. The normalized spacial score (nSPS) is 10.5. The molecule has 0 aromatic heterocycles. The van der Waals surface area contributed by atoms with Gasteiger partial charge < -0.3 is 10.6 Å². The molecule has 4 heteroatoms. The van der Waals surface area contributed by atoms with Crippen LogP contribution in [0.5, 0.6) is 0 Å². The first-order valence-electron chi connectivity index (χ1n) is 7.99. The van der Waals surface area contributed by atoms with Crippen LogP contribution in [0.1, 0.15) is 12.0 Å². The predicted octanol–water partition coefficient (Wildman–Crippen LogP) is 5.52. The Labute approximate surface area is 156 Å². The Bertz CT molecular complexity index is 842. The van der Waals surface area contributed by atoms with E-state index < -0.39 is 0 Å². The number of benzene rings is 3. The summed E-state index contributed by atoms with van der Waals surface area (Å²) in [5.41, 5.74) is 2.37. The maximum atomic E-state index is 5.35. The van der Waals surface area contributed by atoms with E-state index in [1.807, 2.05) is 24.3 Å². The molecule has 0 aliphatic heterocycles. The molecule has 2 N–H and O–H groups in total. The Kier molecular flexibility index (Phi) is 5.83. The minimum atomic E-state index is 0.658. The molecule has 0 aliphatic rings. The van der Waals surface area contributed by atoms with Crippen LogP contribution < -0.4 is 10.6 Å². The first kappa shape index (κ1) is 16.9. The standard InChI is InChI=1S/C20H19BrN2S/c21-17-10-4-11-18(14-17)23-20(24)22-13-5-9-16-8-3-7-15-6-1-2-12-19(15)16/h1-4,6-8,10-12,14H,5,9,13H2,(H2,22,23,24). The quantitative estimate of drug-likeness (QED) is 0.436. The molecule has 3 rings (SSSR count). The first-order chi connectivity index (χ1) is 11.7. The molecule has 24 heavy (non-hydrogen) atoms. The molecule has 0 fully saturated rings. The average Bonchev–Trinajstić information content (AvgIpc) is 2.59. The molecular weight excluding hydrogens is 380 g/mol. The molecule has 0 atom stereocenters. The van der Waals surface area contributed by atoms with Crippen molar-refractivity contribution in [1.82, 2.24) is 5.32 Å². The smallest absolute Gasteiger partial charge is 0.170 e. The number of rotatable bonds is 5. The van der Waals surface area contributed by atoms with E-state index in [4.69, 9.17) is 12.2 Å². The highest BCUT2D eigenvalue weighted by atomic mass is 79.9. The van der Waals surface area contributed by atoms with Crippen molar-refractivity contribution < 1.29 is 0 Å². The van der Waals surface area contributed by atoms with Gasteiger partial charge in [0.2, 0.25) is 0 Å². The van der Waals surface area contributed by atoms with Gasteiger partial charge in [-0.1, -0.05) is 64.5 Å². The minimum Gasteiger partial charge on any atom is -0.362 e. The van der Waals surface area contributed by atoms with Gasteiger partial charge in [0.15, 0.2) is 5.11 Å². The van der Waals surface area contributed by atoms with Gasteiger partial charge in [0.25, 0.3) is 0 Å². The van der Waals surface area contributed by atoms with E-state index in [0.29, 0.717) is 5.11 Å². The number of halogens is 1. The fourth-order valence-corrected chi connectivity index (χ4v) is 3.35. The maximum Gasteiger partial charge on any atom is 0.170 e. The van der Waals surface area contributed by atoms with Crippen LogP contribution in [0.4, 0.5) is 5.69 Å². The van der Waals surface area contributed by atoms with Crippen LogP contribution in [-0.4, -0.2) is 11.7 Å². The molecule has 0 spiro atoms. The van der Waals surface area contributed by atoms with Crippen LogP contribution in [0.3, 0.4) is 0 Å². The zero-order valence-electron chi connectivity index (χ0n) is 13.3. The van der Waals surface area contributed by atoms with Crippen LogP contribution in [0, 0.1) is 0 Å². The lowest BCUT2D eigenvalue weighted by Crippen LogP contribution is -2.29. The summed E-state index contributed by atoms with van der Waals surface area (Å²) in [6.45, 7) is 0.850. The zero-order valence-corrected chi connectivity index (χ0v) is 15.7. The molecular formula is C20H19BrN2S. The molecule has 3 aromatic rings. The summed E-state index contributed by atoms with van der Waals surface area (Å²) < 4.78 is 1.03. The van der Waals surface area contributed by atoms with E-state index in [0.717, 1.165) is 29.5 Å². The zero-order chi connectivity index (χ0) is 16.8. The van der Waals surface area contributed by atoms with Crippen LogP contribution >= 0.6 is 28.1 Å². The van der Waals surface area contributed by atoms with Crippen molar-refractivity contribution in [2.75, 3.05) is 11.9 Å². The van der Waals surface area contributed by atoms with Crippen molar-refractivity contribution in [2.24, 2.45) is 0 Å². The van der Waals surface area contributed by atoms with Gasteiger partial charge in [0.05, 0.1) is 0 Å². The van der Waals surface area contributed by atoms with Crippen LogP contribution in [0.2, 0.25) is 0 Å². The fraction of sp³-hybridized carbons (Fsp3) is 0.150. The van der Waals surface area contributed by atoms with Gasteiger partial charge in [-0.15, -0.1) is 0 Å². The van der Waals surface area contributed by atoms with Crippen LogP contribution in [0.25, 0.3) is 10.8 Å². The highest BCUT2D eigenvalue weighted by Crippen LogP contribution is 2.19. The average molecular weight is 399 g/mol. The third kappa shape index (κ3) is 4.56. The van der Waals surface area contributed by atoms with Crippen LogP contribution in [0.15, 0.2) is 71.2 Å². The van der Waals surface area contributed by atoms with E-state index in [2.05, 4.69) is 69.0 Å². The van der Waals surface area contributed by atoms with Gasteiger partial charge >= 0.3 is 0 Å². The summed E-state index contributed by atoms with van der Waals surface area (Å²) in [6, 6.07) is 23.0. The third-order valence-electron chi connectivity index (χ3n) is 3.87. The SMILES string of the molecule is S=C(NCCCc1cccc2ccccc12)Nc1cccc(Br)c1. The highest BCUT2D eigenvalue weighted by molar-refractivity contribution is 9.10. The number of nitrogens with one attached hydrogen (secondary N) is 2. The van der Waals surface area contributed by atoms with Crippen molar-refractivity contribution >= 4 is 49.7 Å². The van der Waals surface area contributed by atoms with Crippen molar-refractivity contribution in [1.29, 1.82) is 0 Å².